The van der Waals surface area contributed by atoms with E-state index in [1.54, 1.807) is 0 Å². The van der Waals surface area contributed by atoms with Crippen molar-refractivity contribution in [2.45, 2.75) is 37.5 Å². The lowest BCUT2D eigenvalue weighted by Crippen LogP contribution is -2.17. The highest BCUT2D eigenvalue weighted by atomic mass is 32.2. The monoisotopic (exact) mass is 223 g/mol. The molecular formula is C11H17N3S. The number of nitrogens with one attached hydrogen (secondary N) is 1. The van der Waals surface area contributed by atoms with E-state index in [0.29, 0.717) is 6.04 Å². The van der Waals surface area contributed by atoms with Crippen LogP contribution >= 0.6 is 11.8 Å². The minimum atomic E-state index is 0.559. The highest BCUT2D eigenvalue weighted by molar-refractivity contribution is 7.99. The molecule has 0 aromatic carbocycles. The SMILES string of the molecule is CSC1CCC(Nc2nccc(C)n2)C1. The van der Waals surface area contributed by atoms with Crippen molar-refractivity contribution in [1.82, 2.24) is 9.97 Å². The van der Waals surface area contributed by atoms with Crippen molar-refractivity contribution in [2.24, 2.45) is 0 Å². The molecule has 0 amide bonds. The summed E-state index contributed by atoms with van der Waals surface area (Å²) >= 11 is 1.97. The first-order chi connectivity index (χ1) is 7.28. The number of hydrogen-bond acceptors (Lipinski definition) is 4. The van der Waals surface area contributed by atoms with Crippen molar-refractivity contribution in [3.8, 4) is 0 Å². The van der Waals surface area contributed by atoms with E-state index in [1.165, 1.54) is 19.3 Å². The van der Waals surface area contributed by atoms with Crippen molar-refractivity contribution in [3.05, 3.63) is 18.0 Å². The average Bonchev–Trinajstić information content (AvgIpc) is 2.65. The third kappa shape index (κ3) is 2.84. The maximum atomic E-state index is 4.36. The Labute approximate surface area is 95.1 Å². The van der Waals surface area contributed by atoms with Crippen LogP contribution in [0.5, 0.6) is 0 Å². The zero-order valence-corrected chi connectivity index (χ0v) is 10.0. The Morgan fingerprint density at radius 2 is 2.33 bits per heavy atom. The summed E-state index contributed by atoms with van der Waals surface area (Å²) in [7, 11) is 0. The lowest BCUT2D eigenvalue weighted by Gasteiger charge is -2.12. The molecule has 4 heteroatoms. The lowest BCUT2D eigenvalue weighted by atomic mass is 10.2. The second-order valence-corrected chi connectivity index (χ2v) is 5.17. The Morgan fingerprint density at radius 1 is 1.47 bits per heavy atom. The van der Waals surface area contributed by atoms with E-state index in [-0.39, 0.29) is 0 Å². The summed E-state index contributed by atoms with van der Waals surface area (Å²) in [5.74, 6) is 0.779. The van der Waals surface area contributed by atoms with Gasteiger partial charge in [-0.15, -0.1) is 0 Å². The molecule has 2 unspecified atom stereocenters. The summed E-state index contributed by atoms with van der Waals surface area (Å²) in [6, 6.07) is 2.48. The van der Waals surface area contributed by atoms with Crippen LogP contribution in [0.4, 0.5) is 5.95 Å². The minimum Gasteiger partial charge on any atom is -0.351 e. The van der Waals surface area contributed by atoms with Gasteiger partial charge in [-0.3, -0.25) is 0 Å². The Morgan fingerprint density at radius 3 is 3.00 bits per heavy atom. The number of hydrogen-bond donors (Lipinski definition) is 1. The standard InChI is InChI=1S/C11H17N3S/c1-8-5-6-12-11(13-8)14-9-3-4-10(7-9)15-2/h5-6,9-10H,3-4,7H2,1-2H3,(H,12,13,14). The van der Waals surface area contributed by atoms with Gasteiger partial charge in [0.05, 0.1) is 0 Å². The number of aryl methyl sites for hydroxylation is 1. The smallest absolute Gasteiger partial charge is 0.223 e. The predicted molar refractivity (Wildman–Crippen MR) is 65.3 cm³/mol. The minimum absolute atomic E-state index is 0.559. The molecule has 0 bridgehead atoms. The Hall–Kier alpha value is -0.770. The van der Waals surface area contributed by atoms with Crippen LogP contribution in [0.1, 0.15) is 25.0 Å². The summed E-state index contributed by atoms with van der Waals surface area (Å²) < 4.78 is 0. The molecule has 3 nitrogen and oxygen atoms in total. The number of nitrogens with zero attached hydrogens (tertiary/aromatic N) is 2. The Kier molecular flexibility index (Phi) is 3.46. The van der Waals surface area contributed by atoms with Crippen molar-refractivity contribution < 1.29 is 0 Å². The fourth-order valence-corrected chi connectivity index (χ4v) is 2.78. The van der Waals surface area contributed by atoms with E-state index in [4.69, 9.17) is 0 Å². The summed E-state index contributed by atoms with van der Waals surface area (Å²) in [6.07, 6.45) is 7.79. The molecule has 1 aromatic heterocycles. The van der Waals surface area contributed by atoms with Crippen LogP contribution in [-0.4, -0.2) is 27.5 Å². The third-order valence-electron chi connectivity index (χ3n) is 2.85. The Bertz CT molecular complexity index is 329. The van der Waals surface area contributed by atoms with E-state index in [1.807, 2.05) is 30.9 Å². The first kappa shape index (κ1) is 10.7. The van der Waals surface area contributed by atoms with Gasteiger partial charge in [0, 0.05) is 23.2 Å². The fraction of sp³-hybridized carbons (Fsp3) is 0.636. The molecule has 0 spiro atoms. The second kappa shape index (κ2) is 4.84. The summed E-state index contributed by atoms with van der Waals surface area (Å²) in [6.45, 7) is 1.99. The molecule has 1 aliphatic carbocycles. The van der Waals surface area contributed by atoms with E-state index < -0.39 is 0 Å². The first-order valence-electron chi connectivity index (χ1n) is 5.37. The molecule has 15 heavy (non-hydrogen) atoms. The molecule has 82 valence electrons. The fourth-order valence-electron chi connectivity index (χ4n) is 1.99. The molecule has 2 atom stereocenters. The molecule has 0 saturated heterocycles. The van der Waals surface area contributed by atoms with E-state index in [2.05, 4.69) is 21.5 Å². The molecule has 1 saturated carbocycles. The van der Waals surface area contributed by atoms with Crippen LogP contribution in [0, 0.1) is 6.92 Å². The third-order valence-corrected chi connectivity index (χ3v) is 3.94. The van der Waals surface area contributed by atoms with E-state index >= 15 is 0 Å². The molecule has 0 radical (unpaired) electrons. The van der Waals surface area contributed by atoms with Gasteiger partial charge >= 0.3 is 0 Å². The zero-order valence-electron chi connectivity index (χ0n) is 9.23. The molecule has 1 N–H and O–H groups in total. The van der Waals surface area contributed by atoms with Crippen LogP contribution < -0.4 is 5.32 Å². The van der Waals surface area contributed by atoms with Crippen molar-refractivity contribution in [3.63, 3.8) is 0 Å². The average molecular weight is 223 g/mol. The number of thioether (sulfide) groups is 1. The van der Waals surface area contributed by atoms with Crippen LogP contribution in [0.2, 0.25) is 0 Å². The maximum Gasteiger partial charge on any atom is 0.223 e. The van der Waals surface area contributed by atoms with Gasteiger partial charge < -0.3 is 5.32 Å². The normalized spacial score (nSPS) is 25.5. The van der Waals surface area contributed by atoms with Crippen LogP contribution in [0.25, 0.3) is 0 Å². The van der Waals surface area contributed by atoms with Crippen molar-refractivity contribution in [1.29, 1.82) is 0 Å². The maximum absolute atomic E-state index is 4.36. The van der Waals surface area contributed by atoms with E-state index in [0.717, 1.165) is 16.9 Å². The second-order valence-electron chi connectivity index (χ2n) is 4.03. The van der Waals surface area contributed by atoms with Gasteiger partial charge in [-0.05, 0) is 38.5 Å². The molecule has 2 rings (SSSR count). The highest BCUT2D eigenvalue weighted by Gasteiger charge is 2.24. The zero-order chi connectivity index (χ0) is 10.7. The van der Waals surface area contributed by atoms with Gasteiger partial charge in [0.15, 0.2) is 0 Å². The van der Waals surface area contributed by atoms with E-state index in [9.17, 15) is 0 Å². The topological polar surface area (TPSA) is 37.8 Å². The summed E-state index contributed by atoms with van der Waals surface area (Å²) in [5, 5.41) is 4.22. The molecule has 1 aliphatic rings. The molecular weight excluding hydrogens is 206 g/mol. The van der Waals surface area contributed by atoms with Gasteiger partial charge in [-0.25, -0.2) is 9.97 Å². The van der Waals surface area contributed by atoms with Crippen LogP contribution in [0.3, 0.4) is 0 Å². The van der Waals surface area contributed by atoms with Gasteiger partial charge in [0.1, 0.15) is 0 Å². The molecule has 1 fully saturated rings. The van der Waals surface area contributed by atoms with Crippen LogP contribution in [-0.2, 0) is 0 Å². The van der Waals surface area contributed by atoms with Crippen molar-refractivity contribution >= 4 is 17.7 Å². The van der Waals surface area contributed by atoms with Crippen molar-refractivity contribution in [2.75, 3.05) is 11.6 Å². The van der Waals surface area contributed by atoms with Crippen LogP contribution in [0.15, 0.2) is 12.3 Å². The van der Waals surface area contributed by atoms with Gasteiger partial charge in [-0.2, -0.15) is 11.8 Å². The molecule has 1 aromatic rings. The molecule has 0 aliphatic heterocycles. The molecule has 1 heterocycles. The predicted octanol–water partition coefficient (Wildman–Crippen LogP) is 2.48. The summed E-state index contributed by atoms with van der Waals surface area (Å²) in [4.78, 5) is 8.58. The van der Waals surface area contributed by atoms with Gasteiger partial charge in [-0.1, -0.05) is 0 Å². The van der Waals surface area contributed by atoms with Gasteiger partial charge in [0.2, 0.25) is 5.95 Å². The summed E-state index contributed by atoms with van der Waals surface area (Å²) in [5.41, 5.74) is 1.02. The van der Waals surface area contributed by atoms with Gasteiger partial charge in [0.25, 0.3) is 0 Å². The number of anilines is 1. The lowest BCUT2D eigenvalue weighted by molar-refractivity contribution is 0.744. The largest absolute Gasteiger partial charge is 0.351 e. The first-order valence-corrected chi connectivity index (χ1v) is 6.65. The number of aromatic nitrogens is 2. The quantitative estimate of drug-likeness (QED) is 0.854. The highest BCUT2D eigenvalue weighted by Crippen LogP contribution is 2.29. The Balaban J connectivity index is 1.92. The number of rotatable bonds is 3.